The van der Waals surface area contributed by atoms with E-state index in [0.29, 0.717) is 13.0 Å². The average Bonchev–Trinajstić information content (AvgIpc) is 2.44. The van der Waals surface area contributed by atoms with E-state index in [1.54, 1.807) is 6.20 Å². The third-order valence-electron chi connectivity index (χ3n) is 1.90. The predicted octanol–water partition coefficient (Wildman–Crippen LogP) is 1.92. The van der Waals surface area contributed by atoms with E-state index in [9.17, 15) is 4.79 Å². The predicted molar refractivity (Wildman–Crippen MR) is 57.4 cm³/mol. The van der Waals surface area contributed by atoms with Gasteiger partial charge in [0.05, 0.1) is 6.42 Å². The molecule has 1 heterocycles. The smallest absolute Gasteiger partial charge is 0.308 e. The number of carbonyl (C=O) groups is 1. The maximum atomic E-state index is 11.4. The lowest BCUT2D eigenvalue weighted by Crippen LogP contribution is -2.24. The van der Waals surface area contributed by atoms with E-state index in [4.69, 9.17) is 4.74 Å². The van der Waals surface area contributed by atoms with Crippen molar-refractivity contribution in [2.24, 2.45) is 0 Å². The van der Waals surface area contributed by atoms with Gasteiger partial charge in [-0.15, -0.1) is 0 Å². The Kier molecular flexibility index (Phi) is 3.50. The number of hydrogen-bond acceptors (Lipinski definition) is 3. The summed E-state index contributed by atoms with van der Waals surface area (Å²) in [7, 11) is 0. The number of aryl methyl sites for hydroxylation is 2. The molecule has 0 atom stereocenters. The second-order valence-electron chi connectivity index (χ2n) is 4.50. The fourth-order valence-electron chi connectivity index (χ4n) is 1.24. The number of ether oxygens (including phenoxy) is 1. The maximum absolute atomic E-state index is 11.4. The second kappa shape index (κ2) is 4.47. The van der Waals surface area contributed by atoms with Crippen LogP contribution < -0.4 is 0 Å². The highest BCUT2D eigenvalue weighted by molar-refractivity contribution is 5.69. The van der Waals surface area contributed by atoms with Crippen molar-refractivity contribution < 1.29 is 9.53 Å². The highest BCUT2D eigenvalue weighted by atomic mass is 16.6. The molecule has 0 aliphatic carbocycles. The van der Waals surface area contributed by atoms with E-state index in [-0.39, 0.29) is 5.97 Å². The van der Waals surface area contributed by atoms with Crippen molar-refractivity contribution in [1.82, 2.24) is 9.55 Å². The third kappa shape index (κ3) is 4.14. The first kappa shape index (κ1) is 11.8. The van der Waals surface area contributed by atoms with E-state index < -0.39 is 5.60 Å². The topological polar surface area (TPSA) is 44.1 Å². The molecule has 84 valence electrons. The number of rotatable bonds is 3. The zero-order valence-corrected chi connectivity index (χ0v) is 9.78. The summed E-state index contributed by atoms with van der Waals surface area (Å²) >= 11 is 0. The summed E-state index contributed by atoms with van der Waals surface area (Å²) in [6.07, 6.45) is 3.97. The molecular formula is C11H18N2O2. The van der Waals surface area contributed by atoms with Crippen molar-refractivity contribution >= 4 is 5.97 Å². The lowest BCUT2D eigenvalue weighted by Gasteiger charge is -2.19. The van der Waals surface area contributed by atoms with Gasteiger partial charge in [-0.05, 0) is 27.7 Å². The van der Waals surface area contributed by atoms with Crippen LogP contribution in [-0.4, -0.2) is 21.1 Å². The first-order valence-corrected chi connectivity index (χ1v) is 5.08. The zero-order valence-electron chi connectivity index (χ0n) is 9.78. The standard InChI is InChI=1S/C11H18N2O2/c1-9-12-6-8-13(9)7-5-10(14)15-11(2,3)4/h6,8H,5,7H2,1-4H3. The maximum Gasteiger partial charge on any atom is 0.308 e. The van der Waals surface area contributed by atoms with Crippen LogP contribution in [0.4, 0.5) is 0 Å². The minimum Gasteiger partial charge on any atom is -0.460 e. The SMILES string of the molecule is Cc1nccn1CCC(=O)OC(C)(C)C. The Balaban J connectivity index is 2.38. The van der Waals surface area contributed by atoms with Crippen LogP contribution in [0.3, 0.4) is 0 Å². The Labute approximate surface area is 90.3 Å². The molecular weight excluding hydrogens is 192 g/mol. The number of imidazole rings is 1. The van der Waals surface area contributed by atoms with Gasteiger partial charge in [-0.3, -0.25) is 4.79 Å². The number of aromatic nitrogens is 2. The molecule has 1 rings (SSSR count). The van der Waals surface area contributed by atoms with Crippen LogP contribution in [0, 0.1) is 6.92 Å². The molecule has 4 heteroatoms. The monoisotopic (exact) mass is 210 g/mol. The van der Waals surface area contributed by atoms with E-state index in [2.05, 4.69) is 4.98 Å². The highest BCUT2D eigenvalue weighted by Crippen LogP contribution is 2.09. The number of hydrogen-bond donors (Lipinski definition) is 0. The van der Waals surface area contributed by atoms with Gasteiger partial charge < -0.3 is 9.30 Å². The normalized spacial score (nSPS) is 11.5. The van der Waals surface area contributed by atoms with Gasteiger partial charge in [-0.2, -0.15) is 0 Å². The van der Waals surface area contributed by atoms with Crippen molar-refractivity contribution in [2.45, 2.75) is 46.3 Å². The number of carbonyl (C=O) groups excluding carboxylic acids is 1. The van der Waals surface area contributed by atoms with E-state index in [1.165, 1.54) is 0 Å². The molecule has 0 spiro atoms. The molecule has 0 saturated heterocycles. The van der Waals surface area contributed by atoms with Gasteiger partial charge in [0.15, 0.2) is 0 Å². The molecule has 0 bridgehead atoms. The number of esters is 1. The average molecular weight is 210 g/mol. The summed E-state index contributed by atoms with van der Waals surface area (Å²) in [5.41, 5.74) is -0.402. The Morgan fingerprint density at radius 1 is 1.53 bits per heavy atom. The van der Waals surface area contributed by atoms with Crippen LogP contribution in [0.5, 0.6) is 0 Å². The van der Waals surface area contributed by atoms with Gasteiger partial charge >= 0.3 is 5.97 Å². The summed E-state index contributed by atoms with van der Waals surface area (Å²) < 4.78 is 7.14. The van der Waals surface area contributed by atoms with Crippen LogP contribution in [0.1, 0.15) is 33.0 Å². The first-order valence-electron chi connectivity index (χ1n) is 5.08. The summed E-state index contributed by atoms with van der Waals surface area (Å²) in [6, 6.07) is 0. The Morgan fingerprint density at radius 3 is 2.67 bits per heavy atom. The fourth-order valence-corrected chi connectivity index (χ4v) is 1.24. The molecule has 1 aromatic heterocycles. The molecule has 0 fully saturated rings. The van der Waals surface area contributed by atoms with Gasteiger partial charge in [0.2, 0.25) is 0 Å². The molecule has 0 saturated carbocycles. The first-order chi connectivity index (χ1) is 6.88. The second-order valence-corrected chi connectivity index (χ2v) is 4.50. The molecule has 0 aromatic carbocycles. The lowest BCUT2D eigenvalue weighted by atomic mass is 10.2. The number of nitrogens with zero attached hydrogens (tertiary/aromatic N) is 2. The van der Waals surface area contributed by atoms with Gasteiger partial charge in [0, 0.05) is 18.9 Å². The molecule has 0 unspecified atom stereocenters. The summed E-state index contributed by atoms with van der Waals surface area (Å²) in [4.78, 5) is 15.5. The van der Waals surface area contributed by atoms with E-state index in [0.717, 1.165) is 5.82 Å². The summed E-state index contributed by atoms with van der Waals surface area (Å²) in [5, 5.41) is 0. The van der Waals surface area contributed by atoms with Crippen LogP contribution in [0.2, 0.25) is 0 Å². The van der Waals surface area contributed by atoms with Crippen molar-refractivity contribution in [3.63, 3.8) is 0 Å². The highest BCUT2D eigenvalue weighted by Gasteiger charge is 2.15. The van der Waals surface area contributed by atoms with Crippen LogP contribution in [-0.2, 0) is 16.1 Å². The van der Waals surface area contributed by atoms with Crippen LogP contribution in [0.25, 0.3) is 0 Å². The third-order valence-corrected chi connectivity index (χ3v) is 1.90. The Bertz CT molecular complexity index is 337. The molecule has 0 radical (unpaired) electrons. The molecule has 0 aliphatic heterocycles. The molecule has 1 aromatic rings. The molecule has 0 aliphatic rings. The van der Waals surface area contributed by atoms with Crippen LogP contribution >= 0.6 is 0 Å². The van der Waals surface area contributed by atoms with Crippen molar-refractivity contribution in [3.8, 4) is 0 Å². The summed E-state index contributed by atoms with van der Waals surface area (Å²) in [5.74, 6) is 0.745. The molecule has 0 N–H and O–H groups in total. The summed E-state index contributed by atoms with van der Waals surface area (Å²) in [6.45, 7) is 8.14. The molecule has 0 amide bonds. The van der Waals surface area contributed by atoms with Gasteiger partial charge in [-0.25, -0.2) is 4.98 Å². The molecule has 4 nitrogen and oxygen atoms in total. The van der Waals surface area contributed by atoms with Gasteiger partial charge in [-0.1, -0.05) is 0 Å². The minimum atomic E-state index is -0.402. The van der Waals surface area contributed by atoms with E-state index >= 15 is 0 Å². The Hall–Kier alpha value is -1.32. The molecule has 15 heavy (non-hydrogen) atoms. The largest absolute Gasteiger partial charge is 0.460 e. The van der Waals surface area contributed by atoms with Crippen molar-refractivity contribution in [2.75, 3.05) is 0 Å². The zero-order chi connectivity index (χ0) is 11.5. The van der Waals surface area contributed by atoms with Crippen molar-refractivity contribution in [1.29, 1.82) is 0 Å². The van der Waals surface area contributed by atoms with E-state index in [1.807, 2.05) is 38.5 Å². The van der Waals surface area contributed by atoms with Crippen LogP contribution in [0.15, 0.2) is 12.4 Å². The Morgan fingerprint density at radius 2 is 2.20 bits per heavy atom. The van der Waals surface area contributed by atoms with Gasteiger partial charge in [0.25, 0.3) is 0 Å². The van der Waals surface area contributed by atoms with Crippen molar-refractivity contribution in [3.05, 3.63) is 18.2 Å². The van der Waals surface area contributed by atoms with Gasteiger partial charge in [0.1, 0.15) is 11.4 Å². The quantitative estimate of drug-likeness (QED) is 0.716. The lowest BCUT2D eigenvalue weighted by molar-refractivity contribution is -0.155. The fraction of sp³-hybridized carbons (Fsp3) is 0.636. The minimum absolute atomic E-state index is 0.171.